The van der Waals surface area contributed by atoms with Gasteiger partial charge < -0.3 is 4.65 Å². The van der Waals surface area contributed by atoms with Crippen LogP contribution in [0.3, 0.4) is 0 Å². The van der Waals surface area contributed by atoms with Crippen LogP contribution < -0.4 is 5.46 Å². The van der Waals surface area contributed by atoms with Gasteiger partial charge in [-0.2, -0.15) is 0 Å². The Labute approximate surface area is 169 Å². The largest absolute Gasteiger partial charge is 0.426 e. The Morgan fingerprint density at radius 2 is 1.32 bits per heavy atom. The van der Waals surface area contributed by atoms with Gasteiger partial charge in [0, 0.05) is 0 Å². The predicted octanol–water partition coefficient (Wildman–Crippen LogP) is 7.03. The van der Waals surface area contributed by atoms with Crippen molar-refractivity contribution in [2.24, 2.45) is 5.41 Å². The van der Waals surface area contributed by atoms with Gasteiger partial charge in [-0.25, -0.2) is 0 Å². The van der Waals surface area contributed by atoms with Crippen molar-refractivity contribution < 1.29 is 4.65 Å². The van der Waals surface area contributed by atoms with E-state index in [4.69, 9.17) is 4.65 Å². The van der Waals surface area contributed by atoms with E-state index in [9.17, 15) is 0 Å². The summed E-state index contributed by atoms with van der Waals surface area (Å²) in [6.07, 6.45) is 2.31. The maximum atomic E-state index is 6.54. The summed E-state index contributed by atoms with van der Waals surface area (Å²) >= 11 is 0. The summed E-state index contributed by atoms with van der Waals surface area (Å²) in [4.78, 5) is 0. The topological polar surface area (TPSA) is 9.23 Å². The third-order valence-corrected chi connectivity index (χ3v) is 6.67. The molecule has 4 aromatic carbocycles. The molecule has 144 valence electrons. The van der Waals surface area contributed by atoms with Gasteiger partial charge in [0.25, 0.3) is 0 Å². The standard InChI is InChI=1S/C23H23BO.C3H8/c1-22(2)14-24(25-23(22,3)4)19-13-11-17-9-8-15-6-5-7-16-10-12-18(19)21(17)20(15)16;1-3-2/h5-13H,14H2,1-4H3;3H2,1-2H3. The summed E-state index contributed by atoms with van der Waals surface area (Å²) in [6, 6.07) is 20.2. The second-order valence-electron chi connectivity index (χ2n) is 9.42. The smallest absolute Gasteiger partial charge is 0.328 e. The minimum Gasteiger partial charge on any atom is -0.426 e. The van der Waals surface area contributed by atoms with Crippen LogP contribution in [0.5, 0.6) is 0 Å². The fourth-order valence-corrected chi connectivity index (χ4v) is 4.48. The van der Waals surface area contributed by atoms with Crippen molar-refractivity contribution in [1.29, 1.82) is 0 Å². The highest BCUT2D eigenvalue weighted by molar-refractivity contribution is 6.71. The average Bonchev–Trinajstić information content (AvgIpc) is 2.87. The molecule has 5 rings (SSSR count). The first kappa shape index (κ1) is 19.3. The predicted molar refractivity (Wildman–Crippen MR) is 125 cm³/mol. The molecule has 0 spiro atoms. The SMILES string of the molecule is CC1(C)CB(c2ccc3ccc4cccc5ccc2c3c45)OC1(C)C.CCC. The van der Waals surface area contributed by atoms with Crippen molar-refractivity contribution in [3.63, 3.8) is 0 Å². The Kier molecular flexibility index (Phi) is 4.66. The Bertz CT molecular complexity index is 1090. The maximum Gasteiger partial charge on any atom is 0.328 e. The zero-order chi connectivity index (χ0) is 20.1. The quantitative estimate of drug-likeness (QED) is 0.258. The first-order valence-corrected chi connectivity index (χ1v) is 10.6. The Hall–Kier alpha value is -2.06. The highest BCUT2D eigenvalue weighted by Crippen LogP contribution is 2.45. The lowest BCUT2D eigenvalue weighted by Crippen LogP contribution is -2.36. The van der Waals surface area contributed by atoms with E-state index in [-0.39, 0.29) is 17.9 Å². The van der Waals surface area contributed by atoms with Gasteiger partial charge in [-0.15, -0.1) is 0 Å². The van der Waals surface area contributed by atoms with Crippen LogP contribution in [-0.2, 0) is 4.65 Å². The molecule has 2 heteroatoms. The van der Waals surface area contributed by atoms with E-state index in [1.165, 1.54) is 44.2 Å². The second-order valence-corrected chi connectivity index (χ2v) is 9.42. The van der Waals surface area contributed by atoms with E-state index < -0.39 is 0 Å². The van der Waals surface area contributed by atoms with Gasteiger partial charge in [-0.05, 0) is 63.4 Å². The monoisotopic (exact) mass is 370 g/mol. The molecule has 0 saturated carbocycles. The van der Waals surface area contributed by atoms with Gasteiger partial charge in [0.05, 0.1) is 5.60 Å². The molecule has 0 aliphatic carbocycles. The summed E-state index contributed by atoms with van der Waals surface area (Å²) in [5.41, 5.74) is 1.40. The van der Waals surface area contributed by atoms with Crippen LogP contribution in [0.1, 0.15) is 48.0 Å². The van der Waals surface area contributed by atoms with Gasteiger partial charge in [0.15, 0.2) is 0 Å². The Balaban J connectivity index is 0.000000604. The molecule has 1 aliphatic rings. The molecule has 1 aliphatic heterocycles. The zero-order valence-corrected chi connectivity index (χ0v) is 18.1. The van der Waals surface area contributed by atoms with Crippen molar-refractivity contribution in [3.8, 4) is 0 Å². The molecule has 0 unspecified atom stereocenters. The van der Waals surface area contributed by atoms with Crippen LogP contribution in [0.25, 0.3) is 32.3 Å². The Morgan fingerprint density at radius 1 is 0.786 bits per heavy atom. The first-order valence-electron chi connectivity index (χ1n) is 10.6. The lowest BCUT2D eigenvalue weighted by molar-refractivity contribution is 0.0376. The minimum absolute atomic E-state index is 0.109. The normalized spacial score (nSPS) is 18.0. The van der Waals surface area contributed by atoms with Crippen LogP contribution in [0.15, 0.2) is 54.6 Å². The average molecular weight is 370 g/mol. The summed E-state index contributed by atoms with van der Waals surface area (Å²) in [6.45, 7) is 13.5. The van der Waals surface area contributed by atoms with Gasteiger partial charge >= 0.3 is 6.92 Å². The molecule has 0 radical (unpaired) electrons. The van der Waals surface area contributed by atoms with E-state index >= 15 is 0 Å². The van der Waals surface area contributed by atoms with Crippen LogP contribution in [0.4, 0.5) is 0 Å². The zero-order valence-electron chi connectivity index (χ0n) is 18.1. The molecule has 0 N–H and O–H groups in total. The van der Waals surface area contributed by atoms with Crippen molar-refractivity contribution in [1.82, 2.24) is 0 Å². The Morgan fingerprint density at radius 3 is 1.89 bits per heavy atom. The molecule has 1 fully saturated rings. The lowest BCUT2D eigenvalue weighted by atomic mass is 9.53. The minimum atomic E-state index is -0.109. The van der Waals surface area contributed by atoms with Crippen molar-refractivity contribution in [2.45, 2.75) is 59.9 Å². The van der Waals surface area contributed by atoms with Crippen molar-refractivity contribution >= 4 is 44.7 Å². The second kappa shape index (κ2) is 6.78. The third kappa shape index (κ3) is 2.90. The number of rotatable bonds is 1. The van der Waals surface area contributed by atoms with Crippen LogP contribution in [0.2, 0.25) is 6.32 Å². The molecule has 0 aromatic heterocycles. The van der Waals surface area contributed by atoms with E-state index in [2.05, 4.69) is 96.1 Å². The molecule has 0 bridgehead atoms. The lowest BCUT2D eigenvalue weighted by Gasteiger charge is -2.34. The van der Waals surface area contributed by atoms with E-state index in [1.807, 2.05) is 0 Å². The summed E-state index contributed by atoms with van der Waals surface area (Å²) < 4.78 is 6.54. The van der Waals surface area contributed by atoms with Gasteiger partial charge in [-0.3, -0.25) is 0 Å². The highest BCUT2D eigenvalue weighted by Gasteiger charge is 2.50. The molecule has 1 saturated heterocycles. The first-order chi connectivity index (χ1) is 13.3. The molecular formula is C26H31BO. The number of hydrogen-bond acceptors (Lipinski definition) is 1. The fraction of sp³-hybridized carbons (Fsp3) is 0.385. The molecule has 28 heavy (non-hydrogen) atoms. The van der Waals surface area contributed by atoms with E-state index in [0.717, 1.165) is 6.32 Å². The van der Waals surface area contributed by atoms with Crippen LogP contribution in [-0.4, -0.2) is 12.5 Å². The summed E-state index contributed by atoms with van der Waals surface area (Å²) in [5, 5.41) is 8.08. The highest BCUT2D eigenvalue weighted by atomic mass is 16.5. The number of hydrogen-bond donors (Lipinski definition) is 0. The summed E-state index contributed by atoms with van der Waals surface area (Å²) in [7, 11) is 0. The fourth-order valence-electron chi connectivity index (χ4n) is 4.48. The van der Waals surface area contributed by atoms with Crippen molar-refractivity contribution in [3.05, 3.63) is 54.6 Å². The molecule has 1 nitrogen and oxygen atoms in total. The summed E-state index contributed by atoms with van der Waals surface area (Å²) in [5.74, 6) is 0. The van der Waals surface area contributed by atoms with Crippen LogP contribution >= 0.6 is 0 Å². The van der Waals surface area contributed by atoms with E-state index in [1.54, 1.807) is 0 Å². The van der Waals surface area contributed by atoms with Gasteiger partial charge in [0.2, 0.25) is 0 Å². The molecule has 0 amide bonds. The van der Waals surface area contributed by atoms with Gasteiger partial charge in [-0.1, -0.05) is 88.7 Å². The number of benzene rings is 4. The van der Waals surface area contributed by atoms with Crippen molar-refractivity contribution in [2.75, 3.05) is 0 Å². The molecule has 4 aromatic rings. The molecule has 0 atom stereocenters. The third-order valence-electron chi connectivity index (χ3n) is 6.67. The van der Waals surface area contributed by atoms with Gasteiger partial charge in [0.1, 0.15) is 0 Å². The maximum absolute atomic E-state index is 6.54. The molecular weight excluding hydrogens is 339 g/mol. The molecule has 1 heterocycles. The van der Waals surface area contributed by atoms with E-state index in [0.29, 0.717) is 0 Å². The van der Waals surface area contributed by atoms with Crippen LogP contribution in [0, 0.1) is 5.41 Å².